The zero-order valence-electron chi connectivity index (χ0n) is 13.6. The molecule has 1 aliphatic heterocycles. The molecule has 0 atom stereocenters. The van der Waals surface area contributed by atoms with Crippen LogP contribution in [0.4, 0.5) is 5.95 Å². The molecule has 1 aromatic heterocycles. The van der Waals surface area contributed by atoms with E-state index in [2.05, 4.69) is 15.3 Å². The summed E-state index contributed by atoms with van der Waals surface area (Å²) in [6.45, 7) is 1.91. The Bertz CT molecular complexity index is 581. The van der Waals surface area contributed by atoms with E-state index in [1.807, 2.05) is 0 Å². The topological polar surface area (TPSA) is 89.0 Å². The summed E-state index contributed by atoms with van der Waals surface area (Å²) in [4.78, 5) is 31.1. The molecule has 2 heterocycles. The zero-order valence-corrected chi connectivity index (χ0v) is 13.6. The number of H-pyrrole nitrogens is 1. The summed E-state index contributed by atoms with van der Waals surface area (Å²) in [5.74, 6) is 1.05. The van der Waals surface area contributed by atoms with Crippen LogP contribution >= 0.6 is 0 Å². The van der Waals surface area contributed by atoms with Crippen molar-refractivity contribution in [3.05, 3.63) is 21.0 Å². The highest BCUT2D eigenvalue weighted by atomic mass is 16.5. The second kappa shape index (κ2) is 7.77. The van der Waals surface area contributed by atoms with Crippen molar-refractivity contribution in [1.82, 2.24) is 14.5 Å². The molecule has 23 heavy (non-hydrogen) atoms. The van der Waals surface area contributed by atoms with E-state index in [9.17, 15) is 9.59 Å². The molecule has 3 rings (SSSR count). The molecule has 7 heteroatoms. The third kappa shape index (κ3) is 4.22. The Balaban J connectivity index is 1.60. The van der Waals surface area contributed by atoms with Crippen molar-refractivity contribution in [2.75, 3.05) is 25.1 Å². The van der Waals surface area contributed by atoms with Gasteiger partial charge in [-0.1, -0.05) is 32.1 Å². The molecule has 128 valence electrons. The summed E-state index contributed by atoms with van der Waals surface area (Å²) in [6, 6.07) is -0.108. The number of hydrogen-bond donors (Lipinski definition) is 2. The first-order valence-electron chi connectivity index (χ1n) is 8.78. The van der Waals surface area contributed by atoms with E-state index in [-0.39, 0.29) is 11.7 Å². The highest BCUT2D eigenvalue weighted by molar-refractivity contribution is 5.20. The van der Waals surface area contributed by atoms with E-state index >= 15 is 0 Å². The first-order chi connectivity index (χ1) is 11.2. The molecular weight excluding hydrogens is 296 g/mol. The Labute approximate surface area is 135 Å². The van der Waals surface area contributed by atoms with Gasteiger partial charge in [0, 0.05) is 25.8 Å². The zero-order chi connectivity index (χ0) is 16.1. The molecule has 1 saturated carbocycles. The second-order valence-electron chi connectivity index (χ2n) is 6.61. The molecule has 0 amide bonds. The molecule has 0 spiro atoms. The van der Waals surface area contributed by atoms with Gasteiger partial charge in [-0.2, -0.15) is 4.98 Å². The lowest BCUT2D eigenvalue weighted by atomic mass is 9.87. The number of hydrogen-bond acceptors (Lipinski definition) is 5. The Kier molecular flexibility index (Phi) is 5.48. The smallest absolute Gasteiger partial charge is 0.355 e. The first kappa shape index (κ1) is 16.2. The van der Waals surface area contributed by atoms with Crippen LogP contribution in [0.5, 0.6) is 0 Å². The van der Waals surface area contributed by atoms with Crippen LogP contribution in [-0.4, -0.2) is 34.3 Å². The molecule has 1 aliphatic carbocycles. The lowest BCUT2D eigenvalue weighted by Crippen LogP contribution is -2.42. The van der Waals surface area contributed by atoms with Gasteiger partial charge >= 0.3 is 11.4 Å². The van der Waals surface area contributed by atoms with Gasteiger partial charge in [-0.05, 0) is 25.2 Å². The third-order valence-corrected chi connectivity index (χ3v) is 4.98. The maximum Gasteiger partial charge on any atom is 0.355 e. The molecule has 2 N–H and O–H groups in total. The van der Waals surface area contributed by atoms with Crippen molar-refractivity contribution in [3.63, 3.8) is 0 Å². The Hall–Kier alpha value is -1.63. The molecule has 1 aromatic rings. The quantitative estimate of drug-likeness (QED) is 0.861. The van der Waals surface area contributed by atoms with E-state index in [4.69, 9.17) is 4.74 Å². The molecule has 0 radical (unpaired) electrons. The van der Waals surface area contributed by atoms with Crippen molar-refractivity contribution in [2.45, 2.75) is 57.4 Å². The van der Waals surface area contributed by atoms with Gasteiger partial charge in [0.2, 0.25) is 5.95 Å². The summed E-state index contributed by atoms with van der Waals surface area (Å²) in [5.41, 5.74) is -0.849. The molecule has 0 aromatic carbocycles. The van der Waals surface area contributed by atoms with Gasteiger partial charge in [-0.3, -0.25) is 4.98 Å². The number of ether oxygens (including phenoxy) is 1. The number of aromatic amines is 1. The number of anilines is 1. The molecular formula is C16H26N4O3. The number of nitrogens with zero attached hydrogens (tertiary/aromatic N) is 2. The van der Waals surface area contributed by atoms with Gasteiger partial charge in [0.15, 0.2) is 0 Å². The second-order valence-corrected chi connectivity index (χ2v) is 6.61. The molecule has 1 saturated heterocycles. The summed E-state index contributed by atoms with van der Waals surface area (Å²) in [7, 11) is 0. The summed E-state index contributed by atoms with van der Waals surface area (Å²) in [5, 5.41) is 3.10. The molecule has 7 nitrogen and oxygen atoms in total. The third-order valence-electron chi connectivity index (χ3n) is 4.98. The maximum atomic E-state index is 12.2. The Morgan fingerprint density at radius 3 is 2.57 bits per heavy atom. The Morgan fingerprint density at radius 1 is 1.13 bits per heavy atom. The molecule has 0 bridgehead atoms. The standard InChI is InChI=1S/C16H26N4O3/c21-15-18-14(17-9-6-12-4-2-1-3-5-12)19-16(22)20(15)13-7-10-23-11-8-13/h12-13H,1-11H2,(H2,17,18,19,21,22). The fraction of sp³-hybridized carbons (Fsp3) is 0.812. The van der Waals surface area contributed by atoms with E-state index in [1.165, 1.54) is 36.7 Å². The van der Waals surface area contributed by atoms with Crippen LogP contribution < -0.4 is 16.7 Å². The van der Waals surface area contributed by atoms with Crippen LogP contribution in [0.2, 0.25) is 0 Å². The minimum absolute atomic E-state index is 0.108. The highest BCUT2D eigenvalue weighted by Gasteiger charge is 2.20. The Morgan fingerprint density at radius 2 is 1.87 bits per heavy atom. The largest absolute Gasteiger partial charge is 0.381 e. The van der Waals surface area contributed by atoms with Gasteiger partial charge in [-0.15, -0.1) is 0 Å². The SMILES string of the molecule is O=c1nc(NCCC2CCCCC2)[nH]c(=O)n1C1CCOCC1. The number of aromatic nitrogens is 3. The minimum atomic E-state index is -0.471. The van der Waals surface area contributed by atoms with E-state index in [1.54, 1.807) is 0 Å². The minimum Gasteiger partial charge on any atom is -0.381 e. The van der Waals surface area contributed by atoms with Crippen LogP contribution in [0.1, 0.15) is 57.4 Å². The predicted octanol–water partition coefficient (Wildman–Crippen LogP) is 1.67. The van der Waals surface area contributed by atoms with Gasteiger partial charge < -0.3 is 10.1 Å². The van der Waals surface area contributed by atoms with E-state index < -0.39 is 5.69 Å². The van der Waals surface area contributed by atoms with Crippen LogP contribution in [0.25, 0.3) is 0 Å². The summed E-state index contributed by atoms with van der Waals surface area (Å²) in [6.07, 6.45) is 8.99. The number of nitrogens with one attached hydrogen (secondary N) is 2. The van der Waals surface area contributed by atoms with Gasteiger partial charge in [0.25, 0.3) is 0 Å². The maximum absolute atomic E-state index is 12.2. The van der Waals surface area contributed by atoms with Crippen molar-refractivity contribution in [1.29, 1.82) is 0 Å². The van der Waals surface area contributed by atoms with Crippen molar-refractivity contribution in [3.8, 4) is 0 Å². The van der Waals surface area contributed by atoms with Crippen LogP contribution in [0.15, 0.2) is 9.59 Å². The molecule has 2 aliphatic rings. The van der Waals surface area contributed by atoms with Crippen LogP contribution in [-0.2, 0) is 4.74 Å². The lowest BCUT2D eigenvalue weighted by Gasteiger charge is -2.23. The van der Waals surface area contributed by atoms with Crippen molar-refractivity contribution < 1.29 is 4.74 Å². The van der Waals surface area contributed by atoms with E-state index in [0.717, 1.165) is 18.9 Å². The first-order valence-corrected chi connectivity index (χ1v) is 8.78. The fourth-order valence-electron chi connectivity index (χ4n) is 3.65. The van der Waals surface area contributed by atoms with E-state index in [0.29, 0.717) is 32.0 Å². The highest BCUT2D eigenvalue weighted by Crippen LogP contribution is 2.25. The average Bonchev–Trinajstić information content (AvgIpc) is 2.56. The normalized spacial score (nSPS) is 20.5. The van der Waals surface area contributed by atoms with Gasteiger partial charge in [-0.25, -0.2) is 14.2 Å². The molecule has 0 unspecified atom stereocenters. The summed E-state index contributed by atoms with van der Waals surface area (Å²) < 4.78 is 6.51. The fourth-order valence-corrected chi connectivity index (χ4v) is 3.65. The van der Waals surface area contributed by atoms with Crippen LogP contribution in [0.3, 0.4) is 0 Å². The predicted molar refractivity (Wildman–Crippen MR) is 87.9 cm³/mol. The van der Waals surface area contributed by atoms with Crippen LogP contribution in [0, 0.1) is 5.92 Å². The summed E-state index contributed by atoms with van der Waals surface area (Å²) >= 11 is 0. The monoisotopic (exact) mass is 322 g/mol. The molecule has 2 fully saturated rings. The van der Waals surface area contributed by atoms with Crippen molar-refractivity contribution >= 4 is 5.95 Å². The van der Waals surface area contributed by atoms with Gasteiger partial charge in [0.1, 0.15) is 0 Å². The average molecular weight is 322 g/mol. The van der Waals surface area contributed by atoms with Gasteiger partial charge in [0.05, 0.1) is 0 Å². The lowest BCUT2D eigenvalue weighted by molar-refractivity contribution is 0.0670. The number of rotatable bonds is 5. The van der Waals surface area contributed by atoms with Crippen molar-refractivity contribution in [2.24, 2.45) is 5.92 Å².